The van der Waals surface area contributed by atoms with E-state index in [2.05, 4.69) is 429 Å². The van der Waals surface area contributed by atoms with Crippen molar-refractivity contribution in [3.05, 3.63) is 345 Å². The number of fused-ring (bicyclic) bond motifs is 2. The average Bonchev–Trinajstić information content (AvgIpc) is 1.75. The summed E-state index contributed by atoms with van der Waals surface area (Å²) in [5.74, 6) is 10.8. The number of allylic oxidation sites excluding steroid dienone is 8. The number of aromatic nitrogens is 8. The van der Waals surface area contributed by atoms with Crippen LogP contribution in [0.15, 0.2) is 331 Å². The van der Waals surface area contributed by atoms with Gasteiger partial charge < -0.3 is 18.9 Å². The van der Waals surface area contributed by atoms with E-state index in [1.165, 1.54) is 54.1 Å². The maximum atomic E-state index is 4.58. The van der Waals surface area contributed by atoms with Gasteiger partial charge in [-0.1, -0.05) is 439 Å². The summed E-state index contributed by atoms with van der Waals surface area (Å²) in [4.78, 5) is 16.9. The van der Waals surface area contributed by atoms with Crippen molar-refractivity contribution in [2.45, 2.75) is 309 Å². The SMILES string of the molecule is C1=CCC=C1.C1=CCCC1.C1=Cc2ccccc2C1.C1=Cc2ccccc2C1.CC(C)C.CC(C)C.CC(C)C.CC(C)C.CC(C)C.CC(C)C.CC(C)C.CC(C)C.CC(C)C.CC(C)C.CC(C)C.CC(C)C.CC(C)C.c1cc[nH]c1.c1cc[nH]c1.c1ccccc1.c1ccncc1.c1ccoc1.c1ccsc1.c1cn[nH]c1.c1cncnc1.c1cnoc1. The van der Waals surface area contributed by atoms with Crippen molar-refractivity contribution in [1.82, 2.24) is 40.3 Å². The first-order chi connectivity index (χ1) is 60.4. The fourth-order valence-electron chi connectivity index (χ4n) is 5.72. The first kappa shape index (κ1) is 142. The molecule has 0 fully saturated rings. The van der Waals surface area contributed by atoms with Crippen molar-refractivity contribution in [2.24, 2.45) is 76.9 Å². The summed E-state index contributed by atoms with van der Waals surface area (Å²) < 4.78 is 8.92. The Morgan fingerprint density at radius 3 is 0.727 bits per heavy atom. The molecule has 0 amide bonds. The van der Waals surface area contributed by atoms with Crippen LogP contribution in [0.4, 0.5) is 0 Å². The average molecular weight is 1780 g/mol. The molecule has 3 N–H and O–H groups in total. The topological polar surface area (TPSA) is 138 Å². The van der Waals surface area contributed by atoms with Crippen LogP contribution in [0.1, 0.15) is 318 Å². The Kier molecular flexibility index (Phi) is 137. The number of benzene rings is 3. The monoisotopic (exact) mass is 1780 g/mol. The van der Waals surface area contributed by atoms with Gasteiger partial charge in [0.1, 0.15) is 12.6 Å². The maximum Gasteiger partial charge on any atom is 0.123 e. The highest BCUT2D eigenvalue weighted by Crippen LogP contribution is 2.18. The predicted molar refractivity (Wildman–Crippen MR) is 583 cm³/mol. The number of aromatic amines is 3. The molecule has 8 aromatic heterocycles. The van der Waals surface area contributed by atoms with Crippen LogP contribution in [0.3, 0.4) is 0 Å². The van der Waals surface area contributed by atoms with Gasteiger partial charge in [-0.15, -0.1) is 0 Å². The highest BCUT2D eigenvalue weighted by Gasteiger charge is 2.01. The number of pyridine rings is 1. The minimum absolute atomic E-state index is 0.833. The molecule has 0 aliphatic heterocycles. The molecule has 8 heterocycles. The second-order valence-corrected chi connectivity index (χ2v) is 38.3. The molecule has 0 saturated carbocycles. The third-order valence-corrected chi connectivity index (χ3v) is 9.88. The molecule has 11 aromatic rings. The minimum atomic E-state index is 0.833. The zero-order valence-corrected chi connectivity index (χ0v) is 90.3. The van der Waals surface area contributed by atoms with Gasteiger partial charge in [-0.05, 0) is 215 Å². The molecule has 15 rings (SSSR count). The van der Waals surface area contributed by atoms with Crippen molar-refractivity contribution in [3.8, 4) is 0 Å². The summed E-state index contributed by atoms with van der Waals surface area (Å²) in [6.45, 7) is 84.5. The number of hydrogen-bond acceptors (Lipinski definition) is 8. The highest BCUT2D eigenvalue weighted by atomic mass is 32.1. The van der Waals surface area contributed by atoms with E-state index in [0.717, 1.165) is 96.2 Å². The Hall–Kier alpha value is -9.45. The number of H-pyrrole nitrogens is 3. The van der Waals surface area contributed by atoms with Crippen LogP contribution in [0.25, 0.3) is 12.2 Å². The van der Waals surface area contributed by atoms with Gasteiger partial charge in [0.15, 0.2) is 0 Å². The van der Waals surface area contributed by atoms with Crippen molar-refractivity contribution in [1.29, 1.82) is 0 Å². The second kappa shape index (κ2) is 124. The quantitative estimate of drug-likeness (QED) is 0.129. The molecular formula is C117H200N8O2S. The molecule has 0 radical (unpaired) electrons. The summed E-state index contributed by atoms with van der Waals surface area (Å²) in [5.41, 5.74) is 5.69. The summed E-state index contributed by atoms with van der Waals surface area (Å²) in [5, 5.41) is 13.6. The lowest BCUT2D eigenvalue weighted by Gasteiger charge is -1.93. The van der Waals surface area contributed by atoms with Gasteiger partial charge in [-0.2, -0.15) is 16.4 Å². The van der Waals surface area contributed by atoms with Gasteiger partial charge >= 0.3 is 0 Å². The fourth-order valence-corrected chi connectivity index (χ4v) is 6.18. The molecule has 726 valence electrons. The predicted octanol–water partition coefficient (Wildman–Crippen LogP) is 38.7. The molecule has 0 unspecified atom stereocenters. The normalized spacial score (nSPS) is 10.1. The first-order valence-corrected chi connectivity index (χ1v) is 48.3. The lowest BCUT2D eigenvalue weighted by atomic mass is 10.1. The fraction of sp³-hybridized carbons (Fsp3) is 0.496. The van der Waals surface area contributed by atoms with Crippen LogP contribution >= 0.6 is 11.3 Å². The van der Waals surface area contributed by atoms with Crippen molar-refractivity contribution < 1.29 is 8.94 Å². The van der Waals surface area contributed by atoms with Crippen LogP contribution in [0.2, 0.25) is 0 Å². The van der Waals surface area contributed by atoms with Crippen LogP contribution < -0.4 is 0 Å². The number of nitrogens with zero attached hydrogens (tertiary/aromatic N) is 5. The van der Waals surface area contributed by atoms with E-state index < -0.39 is 0 Å². The molecule has 0 saturated heterocycles. The van der Waals surface area contributed by atoms with Crippen molar-refractivity contribution in [3.63, 3.8) is 0 Å². The van der Waals surface area contributed by atoms with E-state index in [1.807, 2.05) is 145 Å². The molecular weight excluding hydrogens is 1580 g/mol. The molecule has 128 heavy (non-hydrogen) atoms. The number of rotatable bonds is 0. The lowest BCUT2D eigenvalue weighted by molar-refractivity contribution is 0.420. The second-order valence-electron chi connectivity index (χ2n) is 37.5. The Morgan fingerprint density at radius 2 is 0.586 bits per heavy atom. The molecule has 11 heteroatoms. The van der Waals surface area contributed by atoms with Gasteiger partial charge in [0.05, 0.1) is 18.7 Å². The molecule has 10 nitrogen and oxygen atoms in total. The van der Waals surface area contributed by atoms with E-state index in [4.69, 9.17) is 0 Å². The summed E-state index contributed by atoms with van der Waals surface area (Å²) >= 11 is 1.71. The van der Waals surface area contributed by atoms with E-state index in [1.54, 1.807) is 79.4 Å². The van der Waals surface area contributed by atoms with Crippen LogP contribution in [-0.4, -0.2) is 40.3 Å². The summed E-state index contributed by atoms with van der Waals surface area (Å²) in [6.07, 6.45) is 54.7. The molecule has 0 spiro atoms. The Morgan fingerprint density at radius 1 is 0.273 bits per heavy atom. The van der Waals surface area contributed by atoms with Gasteiger partial charge in [-0.25, -0.2) is 9.97 Å². The number of furan rings is 1. The zero-order valence-electron chi connectivity index (χ0n) is 89.5. The smallest absolute Gasteiger partial charge is 0.123 e. The number of nitrogens with one attached hydrogen (secondary N) is 3. The summed E-state index contributed by atoms with van der Waals surface area (Å²) in [7, 11) is 0. The molecule has 4 aliphatic rings. The largest absolute Gasteiger partial charge is 0.473 e. The van der Waals surface area contributed by atoms with Gasteiger partial charge in [0, 0.05) is 62.0 Å². The molecule has 0 bridgehead atoms. The van der Waals surface area contributed by atoms with Gasteiger partial charge in [-0.3, -0.25) is 10.1 Å². The van der Waals surface area contributed by atoms with Crippen molar-refractivity contribution in [2.75, 3.05) is 0 Å². The van der Waals surface area contributed by atoms with E-state index in [9.17, 15) is 0 Å². The number of hydrogen-bond donors (Lipinski definition) is 3. The molecule has 4 aliphatic carbocycles. The Balaban J connectivity index is -0.000000124. The summed E-state index contributed by atoms with van der Waals surface area (Å²) in [6, 6.07) is 55.5. The Labute approximate surface area is 797 Å². The molecule has 3 aromatic carbocycles. The number of thiophene rings is 1. The van der Waals surface area contributed by atoms with E-state index in [0.29, 0.717) is 0 Å². The third-order valence-electron chi connectivity index (χ3n) is 9.25. The van der Waals surface area contributed by atoms with Crippen LogP contribution in [0, 0.1) is 76.9 Å². The zero-order chi connectivity index (χ0) is 99.7. The van der Waals surface area contributed by atoms with Gasteiger partial charge in [0.2, 0.25) is 0 Å². The van der Waals surface area contributed by atoms with Gasteiger partial charge in [0.25, 0.3) is 0 Å². The lowest BCUT2D eigenvalue weighted by Crippen LogP contribution is -1.76. The van der Waals surface area contributed by atoms with E-state index >= 15 is 0 Å². The van der Waals surface area contributed by atoms with E-state index in [-0.39, 0.29) is 0 Å². The molecule has 0 atom stereocenters. The highest BCUT2D eigenvalue weighted by molar-refractivity contribution is 7.07. The third kappa shape index (κ3) is 228. The van der Waals surface area contributed by atoms with Crippen molar-refractivity contribution >= 4 is 23.5 Å². The minimum Gasteiger partial charge on any atom is -0.473 e. The Bertz CT molecular complexity index is 2840. The first-order valence-electron chi connectivity index (χ1n) is 47.3. The van der Waals surface area contributed by atoms with Crippen LogP contribution in [0.5, 0.6) is 0 Å². The van der Waals surface area contributed by atoms with Crippen LogP contribution in [-0.2, 0) is 12.8 Å². The standard InChI is InChI=1S/2C9H8.C6H6.C5H5N.C5H8.C5H6.C4H4N2.2C4H5N.C4H4O.C4H4S.13C4H10.C3H4N2.C3H3NO/c2*1-2-5-9-7-3-6-8(9)4-1;2*1-2-4-6-5-3-1;2*1-2-4-5-3-1;1-2-5-4-6-3-1;4*1-2-4-5-3-1;13*1-4(2)3;2*1-2-4-5-3-1/h2*1-6H,7H2;1-6H;1-5H;1-2H,3-5H2;1-4H,5H2;1-4H;2*1-5H;2*1-4H;13*4H,1-3H3;1-3H,(H,4,5);1-3H. The maximum absolute atomic E-state index is 4.58.